The van der Waals surface area contributed by atoms with Gasteiger partial charge < -0.3 is 14.1 Å². The van der Waals surface area contributed by atoms with Crippen molar-refractivity contribution >= 4 is 11.2 Å². The zero-order chi connectivity index (χ0) is 17.9. The number of pyridine rings is 1. The van der Waals surface area contributed by atoms with Gasteiger partial charge in [0, 0.05) is 18.2 Å². The molecule has 0 saturated heterocycles. The predicted molar refractivity (Wildman–Crippen MR) is 101 cm³/mol. The molecule has 3 heterocycles. The second-order valence-corrected chi connectivity index (χ2v) is 6.57. The molecule has 0 radical (unpaired) electrons. The highest BCUT2D eigenvalue weighted by Crippen LogP contribution is 2.22. The van der Waals surface area contributed by atoms with Crippen LogP contribution in [0, 0.1) is 0 Å². The Morgan fingerprint density at radius 1 is 1.12 bits per heavy atom. The van der Waals surface area contributed by atoms with Crippen LogP contribution in [-0.4, -0.2) is 21.1 Å². The van der Waals surface area contributed by atoms with E-state index < -0.39 is 0 Å². The van der Waals surface area contributed by atoms with Gasteiger partial charge >= 0.3 is 0 Å². The van der Waals surface area contributed by atoms with E-state index in [1.165, 1.54) is 5.56 Å². The number of imidazole rings is 1. The second-order valence-electron chi connectivity index (χ2n) is 6.57. The molecule has 0 aliphatic rings. The van der Waals surface area contributed by atoms with Crippen LogP contribution in [0.5, 0.6) is 5.75 Å². The van der Waals surface area contributed by atoms with Crippen LogP contribution in [0.15, 0.2) is 59.3 Å². The van der Waals surface area contributed by atoms with Crippen molar-refractivity contribution in [2.75, 3.05) is 0 Å². The molecule has 1 N–H and O–H groups in total. The average molecular weight is 347 g/mol. The Morgan fingerprint density at radius 2 is 1.96 bits per heavy atom. The average Bonchev–Trinajstić information content (AvgIpc) is 3.29. The highest BCUT2D eigenvalue weighted by molar-refractivity contribution is 5.76. The van der Waals surface area contributed by atoms with E-state index >= 15 is 0 Å². The molecule has 0 aliphatic carbocycles. The molecule has 0 atom stereocenters. The summed E-state index contributed by atoms with van der Waals surface area (Å²) >= 11 is 0. The van der Waals surface area contributed by atoms with Crippen LogP contribution in [-0.2, 0) is 12.8 Å². The summed E-state index contributed by atoms with van der Waals surface area (Å²) in [5, 5.41) is 0. The smallest absolute Gasteiger partial charge is 0.177 e. The zero-order valence-corrected chi connectivity index (χ0v) is 14.9. The number of aromatic amines is 1. The molecule has 3 aromatic heterocycles. The molecule has 0 amide bonds. The minimum absolute atomic E-state index is 0.190. The second kappa shape index (κ2) is 7.04. The van der Waals surface area contributed by atoms with E-state index in [2.05, 4.69) is 27.1 Å². The van der Waals surface area contributed by atoms with Crippen LogP contribution in [0.4, 0.5) is 0 Å². The van der Waals surface area contributed by atoms with Gasteiger partial charge in [0.2, 0.25) is 0 Å². The summed E-state index contributed by atoms with van der Waals surface area (Å²) in [6.07, 6.45) is 5.38. The van der Waals surface area contributed by atoms with Crippen molar-refractivity contribution in [2.24, 2.45) is 0 Å². The highest BCUT2D eigenvalue weighted by Gasteiger charge is 2.08. The topological polar surface area (TPSA) is 63.9 Å². The van der Waals surface area contributed by atoms with E-state index in [1.807, 2.05) is 44.2 Å². The number of nitrogens with zero attached hydrogens (tertiary/aromatic N) is 2. The number of aromatic nitrogens is 3. The first-order valence-corrected chi connectivity index (χ1v) is 8.81. The van der Waals surface area contributed by atoms with Crippen LogP contribution in [0.3, 0.4) is 0 Å². The Kier molecular flexibility index (Phi) is 4.44. The lowest BCUT2D eigenvalue weighted by Gasteiger charge is -2.09. The van der Waals surface area contributed by atoms with Crippen LogP contribution in [0.2, 0.25) is 0 Å². The lowest BCUT2D eigenvalue weighted by atomic mass is 10.1. The molecule has 5 heteroatoms. The Labute approximate surface area is 152 Å². The van der Waals surface area contributed by atoms with Gasteiger partial charge in [-0.25, -0.2) is 9.97 Å². The maximum absolute atomic E-state index is 5.68. The first-order chi connectivity index (χ1) is 12.7. The summed E-state index contributed by atoms with van der Waals surface area (Å²) in [5.41, 5.74) is 3.86. The predicted octanol–water partition coefficient (Wildman–Crippen LogP) is 4.79. The van der Waals surface area contributed by atoms with Crippen molar-refractivity contribution in [1.82, 2.24) is 15.0 Å². The van der Waals surface area contributed by atoms with E-state index in [0.29, 0.717) is 0 Å². The van der Waals surface area contributed by atoms with Gasteiger partial charge in [-0.2, -0.15) is 0 Å². The van der Waals surface area contributed by atoms with Gasteiger partial charge in [-0.3, -0.25) is 0 Å². The fourth-order valence-corrected chi connectivity index (χ4v) is 2.92. The number of furan rings is 1. The van der Waals surface area contributed by atoms with Crippen LogP contribution < -0.4 is 4.74 Å². The number of benzene rings is 1. The number of H-pyrrole nitrogens is 1. The maximum Gasteiger partial charge on any atom is 0.177 e. The van der Waals surface area contributed by atoms with E-state index in [-0.39, 0.29) is 6.10 Å². The Hall–Kier alpha value is -3.08. The summed E-state index contributed by atoms with van der Waals surface area (Å²) in [7, 11) is 0. The van der Waals surface area contributed by atoms with Crippen molar-refractivity contribution in [2.45, 2.75) is 32.8 Å². The van der Waals surface area contributed by atoms with Gasteiger partial charge in [-0.1, -0.05) is 12.1 Å². The number of ether oxygens (including phenoxy) is 1. The van der Waals surface area contributed by atoms with Crippen LogP contribution in [0.1, 0.15) is 25.2 Å². The first kappa shape index (κ1) is 16.4. The third-order valence-electron chi connectivity index (χ3n) is 4.14. The molecule has 0 bridgehead atoms. The number of hydrogen-bond acceptors (Lipinski definition) is 4. The molecule has 4 aromatic rings. The van der Waals surface area contributed by atoms with Crippen molar-refractivity contribution in [3.63, 3.8) is 0 Å². The minimum Gasteiger partial charge on any atom is -0.491 e. The Balaban J connectivity index is 1.45. The van der Waals surface area contributed by atoms with Crippen LogP contribution in [0.25, 0.3) is 22.5 Å². The van der Waals surface area contributed by atoms with E-state index in [9.17, 15) is 0 Å². The number of hydrogen-bond donors (Lipinski definition) is 1. The molecule has 0 unspecified atom stereocenters. The fourth-order valence-electron chi connectivity index (χ4n) is 2.92. The summed E-state index contributed by atoms with van der Waals surface area (Å²) < 4.78 is 11.1. The van der Waals surface area contributed by atoms with Crippen LogP contribution >= 0.6 is 0 Å². The Bertz CT molecular complexity index is 986. The SMILES string of the molecule is CC(C)Oc1ccc(CCc2nc3ncc(-c4ccco4)cc3[nH]2)cc1. The summed E-state index contributed by atoms with van der Waals surface area (Å²) in [5.74, 6) is 2.65. The van der Waals surface area contributed by atoms with Gasteiger partial charge in [0.1, 0.15) is 17.3 Å². The van der Waals surface area contributed by atoms with Crippen molar-refractivity contribution in [1.29, 1.82) is 0 Å². The molecular formula is C21H21N3O2. The van der Waals surface area contributed by atoms with Gasteiger partial charge in [0.05, 0.1) is 17.9 Å². The molecule has 26 heavy (non-hydrogen) atoms. The lowest BCUT2D eigenvalue weighted by Crippen LogP contribution is -2.05. The quantitative estimate of drug-likeness (QED) is 0.545. The lowest BCUT2D eigenvalue weighted by molar-refractivity contribution is 0.242. The fraction of sp³-hybridized carbons (Fsp3) is 0.238. The molecule has 132 valence electrons. The molecule has 5 nitrogen and oxygen atoms in total. The number of aryl methyl sites for hydroxylation is 2. The van der Waals surface area contributed by atoms with E-state index in [1.54, 1.807) is 12.5 Å². The molecule has 4 rings (SSSR count). The minimum atomic E-state index is 0.190. The van der Waals surface area contributed by atoms with Crippen molar-refractivity contribution < 1.29 is 9.15 Å². The third-order valence-corrected chi connectivity index (χ3v) is 4.14. The first-order valence-electron chi connectivity index (χ1n) is 8.81. The molecular weight excluding hydrogens is 326 g/mol. The monoisotopic (exact) mass is 347 g/mol. The largest absolute Gasteiger partial charge is 0.491 e. The standard InChI is InChI=1S/C21H21N3O2/c1-14(2)26-17-8-5-15(6-9-17)7-10-20-23-18-12-16(13-22-21(18)24-20)19-4-3-11-25-19/h3-6,8-9,11-14H,7,10H2,1-2H3,(H,22,23,24). The van der Waals surface area contributed by atoms with Crippen molar-refractivity contribution in [3.8, 4) is 17.1 Å². The highest BCUT2D eigenvalue weighted by atomic mass is 16.5. The number of rotatable bonds is 6. The van der Waals surface area contributed by atoms with Gasteiger partial charge in [-0.05, 0) is 56.2 Å². The number of nitrogens with one attached hydrogen (secondary N) is 1. The molecule has 0 aliphatic heterocycles. The molecule has 0 spiro atoms. The normalized spacial score (nSPS) is 11.3. The maximum atomic E-state index is 5.68. The molecule has 0 saturated carbocycles. The zero-order valence-electron chi connectivity index (χ0n) is 14.9. The summed E-state index contributed by atoms with van der Waals surface area (Å²) in [4.78, 5) is 12.4. The Morgan fingerprint density at radius 3 is 2.69 bits per heavy atom. The molecule has 0 fully saturated rings. The van der Waals surface area contributed by atoms with Crippen molar-refractivity contribution in [3.05, 3.63) is 66.3 Å². The summed E-state index contributed by atoms with van der Waals surface area (Å²) in [6.45, 7) is 4.06. The van der Waals surface area contributed by atoms with Gasteiger partial charge in [0.15, 0.2) is 5.65 Å². The molecule has 1 aromatic carbocycles. The van der Waals surface area contributed by atoms with Gasteiger partial charge in [0.25, 0.3) is 0 Å². The van der Waals surface area contributed by atoms with Gasteiger partial charge in [-0.15, -0.1) is 0 Å². The third kappa shape index (κ3) is 3.61. The number of fused-ring (bicyclic) bond motifs is 1. The van der Waals surface area contributed by atoms with E-state index in [0.717, 1.165) is 46.9 Å². The van der Waals surface area contributed by atoms with E-state index in [4.69, 9.17) is 9.15 Å². The summed E-state index contributed by atoms with van der Waals surface area (Å²) in [6, 6.07) is 14.1.